The topological polar surface area (TPSA) is 148 Å². The van der Waals surface area contributed by atoms with Crippen molar-refractivity contribution in [2.75, 3.05) is 36.5 Å². The molecule has 2 aliphatic rings. The molecule has 320 valence electrons. The Balaban J connectivity index is 0.000000181. The fraction of sp³-hybridized carbons (Fsp3) is 0.524. The number of hydrogen-bond donors (Lipinski definition) is 1. The van der Waals surface area contributed by atoms with E-state index in [1.807, 2.05) is 40.1 Å². The summed E-state index contributed by atoms with van der Waals surface area (Å²) < 4.78 is 13.0. The highest BCUT2D eigenvalue weighted by Crippen LogP contribution is 2.40. The van der Waals surface area contributed by atoms with Crippen LogP contribution in [0.2, 0.25) is 51.4 Å². The molecule has 0 bridgehead atoms. The van der Waals surface area contributed by atoms with Crippen molar-refractivity contribution < 1.29 is 14.6 Å². The predicted octanol–water partition coefficient (Wildman–Crippen LogP) is 11.6. The molecule has 0 atom stereocenters. The van der Waals surface area contributed by atoms with E-state index in [1.165, 1.54) is 57.6 Å². The Kier molecular flexibility index (Phi) is 14.9. The molecule has 0 saturated heterocycles. The average Bonchev–Trinajstić information content (AvgIpc) is 4.05. The third-order valence-electron chi connectivity index (χ3n) is 10.7. The van der Waals surface area contributed by atoms with Crippen molar-refractivity contribution in [1.29, 1.82) is 0 Å². The van der Waals surface area contributed by atoms with Gasteiger partial charge in [-0.15, -0.1) is 20.4 Å². The number of pyridine rings is 4. The standard InChI is InChI=1S/C21H28BrN5OSSi.C21H29N5O2SSi/c1-30(2,3)11-10-28-14-27(21-26-25-20(29-21)15-6-4-5-7-15)19-9-8-17-18(24-19)12-16(22)13-23-17;1-30(2,3)11-10-28-14-26(21-25-24-20(29-21)15-6-4-5-7-15)19-9-8-17-18(23-19)12-16(27)13-22-17/h8-9,12-13,15H,4-7,10-11,14H2,1-3H3;8-9,12-13,15,27H,4-7,10-11,14H2,1-3H3. The van der Waals surface area contributed by atoms with Crippen molar-refractivity contribution >= 4 is 98.7 Å². The minimum atomic E-state index is -1.16. The first kappa shape index (κ1) is 44.5. The highest BCUT2D eigenvalue weighted by molar-refractivity contribution is 9.10. The van der Waals surface area contributed by atoms with Gasteiger partial charge in [-0.3, -0.25) is 19.8 Å². The summed E-state index contributed by atoms with van der Waals surface area (Å²) in [5, 5.41) is 31.7. The van der Waals surface area contributed by atoms with E-state index in [2.05, 4.69) is 85.6 Å². The van der Waals surface area contributed by atoms with Crippen molar-refractivity contribution in [1.82, 2.24) is 40.3 Å². The average molecular weight is 950 g/mol. The normalized spacial score (nSPS) is 15.2. The van der Waals surface area contributed by atoms with Crippen LogP contribution < -0.4 is 9.80 Å². The Hall–Kier alpha value is -3.53. The summed E-state index contributed by atoms with van der Waals surface area (Å²) >= 11 is 6.80. The molecular formula is C42H57BrN10O3S2Si2. The second kappa shape index (κ2) is 20.1. The minimum Gasteiger partial charge on any atom is -0.506 e. The number of ether oxygens (including phenoxy) is 2. The lowest BCUT2D eigenvalue weighted by Crippen LogP contribution is -2.26. The van der Waals surface area contributed by atoms with Crippen LogP contribution in [0.3, 0.4) is 0 Å². The Morgan fingerprint density at radius 3 is 1.55 bits per heavy atom. The Bertz CT molecular complexity index is 2170. The summed E-state index contributed by atoms with van der Waals surface area (Å²) in [7, 11) is -2.31. The third kappa shape index (κ3) is 12.3. The van der Waals surface area contributed by atoms with Gasteiger partial charge in [-0.05, 0) is 84.0 Å². The van der Waals surface area contributed by atoms with Gasteiger partial charge in [0.05, 0.1) is 28.3 Å². The van der Waals surface area contributed by atoms with Crippen molar-refractivity contribution in [3.8, 4) is 5.75 Å². The van der Waals surface area contributed by atoms with Crippen LogP contribution in [0.15, 0.2) is 53.3 Å². The van der Waals surface area contributed by atoms with E-state index in [9.17, 15) is 5.11 Å². The van der Waals surface area contributed by atoms with Gasteiger partial charge in [0.25, 0.3) is 0 Å². The van der Waals surface area contributed by atoms with E-state index >= 15 is 0 Å². The molecule has 0 aromatic carbocycles. The van der Waals surface area contributed by atoms with Gasteiger partial charge in [0.2, 0.25) is 10.3 Å². The molecule has 18 heteroatoms. The monoisotopic (exact) mass is 948 g/mol. The smallest absolute Gasteiger partial charge is 0.215 e. The first-order chi connectivity index (χ1) is 28.8. The van der Waals surface area contributed by atoms with E-state index in [0.29, 0.717) is 30.8 Å². The van der Waals surface area contributed by atoms with E-state index < -0.39 is 16.1 Å². The molecule has 0 unspecified atom stereocenters. The number of anilines is 4. The van der Waals surface area contributed by atoms with Crippen LogP contribution in [0.25, 0.3) is 22.1 Å². The van der Waals surface area contributed by atoms with Gasteiger partial charge < -0.3 is 14.6 Å². The maximum Gasteiger partial charge on any atom is 0.215 e. The van der Waals surface area contributed by atoms with Gasteiger partial charge in [0, 0.05) is 57.9 Å². The zero-order chi connectivity index (χ0) is 42.3. The number of hydrogen-bond acceptors (Lipinski definition) is 15. The van der Waals surface area contributed by atoms with Crippen molar-refractivity contribution in [3.63, 3.8) is 0 Å². The quantitative estimate of drug-likeness (QED) is 0.0558. The summed E-state index contributed by atoms with van der Waals surface area (Å²) in [6.07, 6.45) is 13.2. The van der Waals surface area contributed by atoms with E-state index in [4.69, 9.17) is 19.4 Å². The second-order valence-electron chi connectivity index (χ2n) is 18.1. The van der Waals surface area contributed by atoms with Crippen molar-refractivity contribution in [2.24, 2.45) is 0 Å². The van der Waals surface area contributed by atoms with Gasteiger partial charge in [-0.1, -0.05) is 87.6 Å². The SMILES string of the molecule is C[Si](C)(C)CCOCN(c1ccc2ncc(Br)cc2n1)c1nnc(C2CCCC2)s1.C[Si](C)(C)CCOCN(c1ccc2ncc(O)cc2n1)c1nnc(C2CCCC2)s1. The summed E-state index contributed by atoms with van der Waals surface area (Å²) in [4.78, 5) is 22.2. The molecule has 8 rings (SSSR count). The lowest BCUT2D eigenvalue weighted by atomic mass is 10.1. The summed E-state index contributed by atoms with van der Waals surface area (Å²) in [5.41, 5.74) is 3.08. The third-order valence-corrected chi connectivity index (χ3v) is 16.8. The highest BCUT2D eigenvalue weighted by atomic mass is 79.9. The molecule has 0 aliphatic heterocycles. The zero-order valence-electron chi connectivity index (χ0n) is 35.6. The number of fused-ring (bicyclic) bond motifs is 2. The zero-order valence-corrected chi connectivity index (χ0v) is 40.8. The van der Waals surface area contributed by atoms with Gasteiger partial charge >= 0.3 is 0 Å². The molecule has 6 aromatic heterocycles. The molecule has 0 amide bonds. The van der Waals surface area contributed by atoms with Crippen LogP contribution >= 0.6 is 38.6 Å². The molecule has 2 aliphatic carbocycles. The number of aromatic nitrogens is 8. The van der Waals surface area contributed by atoms with Crippen LogP contribution in [-0.4, -0.2) is 88.3 Å². The highest BCUT2D eigenvalue weighted by Gasteiger charge is 2.26. The number of aromatic hydroxyl groups is 1. The fourth-order valence-corrected chi connectivity index (χ4v) is 11.0. The summed E-state index contributed by atoms with van der Waals surface area (Å²) in [6, 6.07) is 13.7. The van der Waals surface area contributed by atoms with Crippen LogP contribution in [-0.2, 0) is 9.47 Å². The lowest BCUT2D eigenvalue weighted by Gasteiger charge is -2.22. The number of nitrogens with zero attached hydrogens (tertiary/aromatic N) is 10. The largest absolute Gasteiger partial charge is 0.506 e. The molecular weight excluding hydrogens is 893 g/mol. The summed E-state index contributed by atoms with van der Waals surface area (Å²) in [6.45, 7) is 16.4. The van der Waals surface area contributed by atoms with E-state index in [1.54, 1.807) is 34.9 Å². The minimum absolute atomic E-state index is 0.101. The predicted molar refractivity (Wildman–Crippen MR) is 253 cm³/mol. The van der Waals surface area contributed by atoms with Gasteiger partial charge in [0.1, 0.15) is 40.9 Å². The van der Waals surface area contributed by atoms with Crippen LogP contribution in [0, 0.1) is 0 Å². The molecule has 0 radical (unpaired) electrons. The lowest BCUT2D eigenvalue weighted by molar-refractivity contribution is 0.153. The van der Waals surface area contributed by atoms with Crippen LogP contribution in [0.5, 0.6) is 5.75 Å². The molecule has 13 nitrogen and oxygen atoms in total. The molecule has 6 heterocycles. The Labute approximate surface area is 371 Å². The number of rotatable bonds is 16. The van der Waals surface area contributed by atoms with E-state index in [-0.39, 0.29) is 5.75 Å². The fourth-order valence-electron chi connectivity index (χ4n) is 7.11. The Morgan fingerprint density at radius 1 is 0.633 bits per heavy atom. The molecule has 2 fully saturated rings. The molecule has 2 saturated carbocycles. The van der Waals surface area contributed by atoms with Gasteiger partial charge in [-0.25, -0.2) is 9.97 Å². The summed E-state index contributed by atoms with van der Waals surface area (Å²) in [5.74, 6) is 2.71. The first-order valence-corrected chi connectivity index (χ1v) is 30.9. The Morgan fingerprint density at radius 2 is 1.08 bits per heavy atom. The van der Waals surface area contributed by atoms with Gasteiger partial charge in [-0.2, -0.15) is 0 Å². The molecule has 6 aromatic rings. The first-order valence-electron chi connectivity index (χ1n) is 21.0. The van der Waals surface area contributed by atoms with Crippen molar-refractivity contribution in [3.05, 3.63) is 63.3 Å². The second-order valence-corrected chi connectivity index (χ2v) is 32.3. The van der Waals surface area contributed by atoms with Gasteiger partial charge in [0.15, 0.2) is 0 Å². The molecule has 1 N–H and O–H groups in total. The maximum atomic E-state index is 9.79. The maximum absolute atomic E-state index is 9.79. The van der Waals surface area contributed by atoms with E-state index in [0.717, 1.165) is 78.2 Å². The molecule has 0 spiro atoms. The molecule has 60 heavy (non-hydrogen) atoms. The van der Waals surface area contributed by atoms with Crippen LogP contribution in [0.1, 0.15) is 73.2 Å². The van der Waals surface area contributed by atoms with Crippen molar-refractivity contribution in [2.45, 2.75) is 115 Å². The number of halogens is 1. The van der Waals surface area contributed by atoms with Crippen LogP contribution in [0.4, 0.5) is 21.9 Å².